The number of fused-ring (bicyclic) bond motifs is 1. The molecule has 1 heterocycles. The Morgan fingerprint density at radius 3 is 2.53 bits per heavy atom. The summed E-state index contributed by atoms with van der Waals surface area (Å²) in [5.41, 5.74) is 9.88. The monoisotopic (exact) mass is 404 g/mol. The van der Waals surface area contributed by atoms with Crippen LogP contribution in [0.25, 0.3) is 22.9 Å². The quantitative estimate of drug-likeness (QED) is 0.670. The van der Waals surface area contributed by atoms with E-state index in [4.69, 9.17) is 14.9 Å². The van der Waals surface area contributed by atoms with E-state index < -0.39 is 5.54 Å². The third kappa shape index (κ3) is 3.92. The first-order chi connectivity index (χ1) is 14.4. The number of aliphatic hydroxyl groups excluding tert-OH is 1. The van der Waals surface area contributed by atoms with E-state index in [9.17, 15) is 10.4 Å². The van der Waals surface area contributed by atoms with Crippen molar-refractivity contribution in [3.63, 3.8) is 0 Å². The number of aryl methyl sites for hydroxylation is 1. The molecule has 0 saturated carbocycles. The minimum Gasteiger partial charge on any atom is -0.490 e. The van der Waals surface area contributed by atoms with Gasteiger partial charge >= 0.3 is 0 Å². The summed E-state index contributed by atoms with van der Waals surface area (Å²) in [6.45, 7) is 3.78. The molecule has 1 aliphatic carbocycles. The summed E-state index contributed by atoms with van der Waals surface area (Å²) in [6, 6.07) is 13.4. The highest BCUT2D eigenvalue weighted by Gasteiger charge is 2.30. The Morgan fingerprint density at radius 2 is 1.87 bits per heavy atom. The fraction of sp³-hybridized carbons (Fsp3) is 0.348. The second kappa shape index (κ2) is 7.90. The first-order valence-electron chi connectivity index (χ1n) is 9.97. The minimum absolute atomic E-state index is 0.0277. The van der Waals surface area contributed by atoms with E-state index in [-0.39, 0.29) is 12.7 Å². The third-order valence-corrected chi connectivity index (χ3v) is 5.34. The molecule has 4 rings (SSSR count). The lowest BCUT2D eigenvalue weighted by Crippen LogP contribution is -2.48. The van der Waals surface area contributed by atoms with Crippen molar-refractivity contribution in [1.82, 2.24) is 10.2 Å². The van der Waals surface area contributed by atoms with Crippen LogP contribution in [0.15, 0.2) is 40.8 Å². The Bertz CT molecular complexity index is 1120. The standard InChI is InChI=1S/C23H24N4O3/c1-14(2)29-20-6-5-17(10-19(20)12-24)22-27-26-21(30-22)16-4-3-15-7-8-23(25,13-28)11-18(15)9-16/h3-6,9-10,14,28H,7-8,11,13,25H2,1-2H3/t23-/m0/s1. The number of aromatic nitrogens is 2. The zero-order valence-electron chi connectivity index (χ0n) is 17.1. The minimum atomic E-state index is -0.584. The predicted molar refractivity (Wildman–Crippen MR) is 112 cm³/mol. The lowest BCUT2D eigenvalue weighted by molar-refractivity contribution is 0.181. The Hall–Kier alpha value is -3.21. The maximum atomic E-state index is 9.60. The van der Waals surface area contributed by atoms with Gasteiger partial charge in [0.15, 0.2) is 0 Å². The van der Waals surface area contributed by atoms with Crippen molar-refractivity contribution < 1.29 is 14.3 Å². The number of hydrogen-bond acceptors (Lipinski definition) is 7. The first kappa shape index (κ1) is 20.1. The summed E-state index contributed by atoms with van der Waals surface area (Å²) in [6.07, 6.45) is 2.18. The Morgan fingerprint density at radius 1 is 1.17 bits per heavy atom. The molecule has 7 heteroatoms. The molecule has 0 aliphatic heterocycles. The van der Waals surface area contributed by atoms with Crippen molar-refractivity contribution in [3.8, 4) is 34.7 Å². The van der Waals surface area contributed by atoms with E-state index in [0.717, 1.165) is 24.0 Å². The number of nitriles is 1. The molecule has 7 nitrogen and oxygen atoms in total. The van der Waals surface area contributed by atoms with Crippen LogP contribution in [0.3, 0.4) is 0 Å². The van der Waals surface area contributed by atoms with E-state index >= 15 is 0 Å². The highest BCUT2D eigenvalue weighted by Crippen LogP contribution is 2.32. The average Bonchev–Trinajstić information content (AvgIpc) is 3.23. The molecule has 1 atom stereocenters. The molecular weight excluding hydrogens is 380 g/mol. The van der Waals surface area contributed by atoms with Crippen LogP contribution in [0.2, 0.25) is 0 Å². The molecule has 0 amide bonds. The topological polar surface area (TPSA) is 118 Å². The van der Waals surface area contributed by atoms with Crippen molar-refractivity contribution in [3.05, 3.63) is 53.1 Å². The highest BCUT2D eigenvalue weighted by atomic mass is 16.5. The largest absolute Gasteiger partial charge is 0.490 e. The van der Waals surface area contributed by atoms with Crippen LogP contribution in [0, 0.1) is 11.3 Å². The predicted octanol–water partition coefficient (Wildman–Crippen LogP) is 3.24. The van der Waals surface area contributed by atoms with Gasteiger partial charge in [0.1, 0.15) is 11.8 Å². The Labute approximate surface area is 175 Å². The molecular formula is C23H24N4O3. The van der Waals surface area contributed by atoms with Crippen molar-refractivity contribution in [1.29, 1.82) is 5.26 Å². The van der Waals surface area contributed by atoms with Crippen LogP contribution >= 0.6 is 0 Å². The number of nitrogens with two attached hydrogens (primary N) is 1. The van der Waals surface area contributed by atoms with Gasteiger partial charge in [0, 0.05) is 16.7 Å². The van der Waals surface area contributed by atoms with Gasteiger partial charge in [-0.1, -0.05) is 6.07 Å². The molecule has 0 saturated heterocycles. The van der Waals surface area contributed by atoms with Gasteiger partial charge in [-0.05, 0) is 74.6 Å². The van der Waals surface area contributed by atoms with Crippen molar-refractivity contribution in [2.75, 3.05) is 6.61 Å². The van der Waals surface area contributed by atoms with Crippen LogP contribution in [0.4, 0.5) is 0 Å². The van der Waals surface area contributed by atoms with E-state index in [1.165, 1.54) is 5.56 Å². The SMILES string of the molecule is CC(C)Oc1ccc(-c2nnc(-c3ccc4c(c3)C[C@](N)(CO)CC4)o2)cc1C#N. The molecule has 0 spiro atoms. The third-order valence-electron chi connectivity index (χ3n) is 5.34. The summed E-state index contributed by atoms with van der Waals surface area (Å²) in [7, 11) is 0. The number of nitrogens with zero attached hydrogens (tertiary/aromatic N) is 3. The molecule has 154 valence electrons. The summed E-state index contributed by atoms with van der Waals surface area (Å²) in [4.78, 5) is 0. The Balaban J connectivity index is 1.63. The number of aliphatic hydroxyl groups is 1. The number of rotatable bonds is 5. The van der Waals surface area contributed by atoms with E-state index in [0.29, 0.717) is 35.1 Å². The second-order valence-corrected chi connectivity index (χ2v) is 8.08. The number of hydrogen-bond donors (Lipinski definition) is 2. The zero-order chi connectivity index (χ0) is 21.3. The molecule has 0 unspecified atom stereocenters. The lowest BCUT2D eigenvalue weighted by Gasteiger charge is -2.33. The fourth-order valence-electron chi connectivity index (χ4n) is 3.72. The van der Waals surface area contributed by atoms with Gasteiger partial charge in [-0.25, -0.2) is 0 Å². The molecule has 3 aromatic rings. The van der Waals surface area contributed by atoms with Crippen LogP contribution in [-0.4, -0.2) is 33.6 Å². The normalized spacial score (nSPS) is 18.1. The van der Waals surface area contributed by atoms with Crippen LogP contribution in [-0.2, 0) is 12.8 Å². The fourth-order valence-corrected chi connectivity index (χ4v) is 3.72. The molecule has 0 radical (unpaired) electrons. The summed E-state index contributed by atoms with van der Waals surface area (Å²) in [5.74, 6) is 1.25. The second-order valence-electron chi connectivity index (χ2n) is 8.08. The summed E-state index contributed by atoms with van der Waals surface area (Å²) < 4.78 is 11.6. The van der Waals surface area contributed by atoms with Gasteiger partial charge in [-0.15, -0.1) is 10.2 Å². The van der Waals surface area contributed by atoms with Gasteiger partial charge in [-0.3, -0.25) is 0 Å². The van der Waals surface area contributed by atoms with Crippen molar-refractivity contribution >= 4 is 0 Å². The Kier molecular flexibility index (Phi) is 5.29. The molecule has 30 heavy (non-hydrogen) atoms. The van der Waals surface area contributed by atoms with Gasteiger partial charge in [0.2, 0.25) is 11.8 Å². The van der Waals surface area contributed by atoms with E-state index in [2.05, 4.69) is 22.3 Å². The maximum Gasteiger partial charge on any atom is 0.248 e. The molecule has 0 fully saturated rings. The molecule has 1 aliphatic rings. The molecule has 0 bridgehead atoms. The van der Waals surface area contributed by atoms with Gasteiger partial charge in [-0.2, -0.15) is 5.26 Å². The molecule has 2 aromatic carbocycles. The zero-order valence-corrected chi connectivity index (χ0v) is 17.1. The van der Waals surface area contributed by atoms with Gasteiger partial charge in [0.25, 0.3) is 0 Å². The summed E-state index contributed by atoms with van der Waals surface area (Å²) >= 11 is 0. The van der Waals surface area contributed by atoms with E-state index in [1.807, 2.05) is 26.0 Å². The number of benzene rings is 2. The highest BCUT2D eigenvalue weighted by molar-refractivity contribution is 5.63. The number of ether oxygens (including phenoxy) is 1. The van der Waals surface area contributed by atoms with Crippen molar-refractivity contribution in [2.45, 2.75) is 44.8 Å². The smallest absolute Gasteiger partial charge is 0.248 e. The average molecular weight is 404 g/mol. The van der Waals surface area contributed by atoms with Crippen molar-refractivity contribution in [2.24, 2.45) is 5.73 Å². The molecule has 3 N–H and O–H groups in total. The lowest BCUT2D eigenvalue weighted by atomic mass is 9.78. The molecule has 1 aromatic heterocycles. The summed E-state index contributed by atoms with van der Waals surface area (Å²) in [5, 5.41) is 27.4. The van der Waals surface area contributed by atoms with Crippen LogP contribution in [0.5, 0.6) is 5.75 Å². The van der Waals surface area contributed by atoms with E-state index in [1.54, 1.807) is 18.2 Å². The van der Waals surface area contributed by atoms with Gasteiger partial charge < -0.3 is 20.0 Å². The van der Waals surface area contributed by atoms with Crippen LogP contribution < -0.4 is 10.5 Å². The first-order valence-corrected chi connectivity index (χ1v) is 9.97. The maximum absolute atomic E-state index is 9.60. The van der Waals surface area contributed by atoms with Crippen LogP contribution in [0.1, 0.15) is 37.0 Å². The van der Waals surface area contributed by atoms with Gasteiger partial charge in [0.05, 0.1) is 18.3 Å².